The van der Waals surface area contributed by atoms with Gasteiger partial charge in [-0.15, -0.1) is 0 Å². The monoisotopic (exact) mass is 550 g/mol. The quantitative estimate of drug-likeness (QED) is 0.337. The highest BCUT2D eigenvalue weighted by molar-refractivity contribution is 5.91. The lowest BCUT2D eigenvalue weighted by Crippen LogP contribution is -2.52. The summed E-state index contributed by atoms with van der Waals surface area (Å²) in [5.41, 5.74) is 7.56. The molecule has 0 radical (unpaired) electrons. The fourth-order valence-corrected chi connectivity index (χ4v) is 4.72. The lowest BCUT2D eigenvalue weighted by atomic mass is 9.93. The number of rotatable bonds is 7. The highest BCUT2D eigenvalue weighted by Gasteiger charge is 2.34. The Labute approximate surface area is 230 Å². The van der Waals surface area contributed by atoms with Gasteiger partial charge in [-0.05, 0) is 46.1 Å². The van der Waals surface area contributed by atoms with Gasteiger partial charge in [0.2, 0.25) is 0 Å². The van der Waals surface area contributed by atoms with Crippen molar-refractivity contribution in [1.82, 2.24) is 24.6 Å². The number of nitrogens with zero attached hydrogens (tertiary/aromatic N) is 5. The molecule has 0 aliphatic carbocycles. The normalized spacial score (nSPS) is 13.9. The summed E-state index contributed by atoms with van der Waals surface area (Å²) >= 11 is 0. The summed E-state index contributed by atoms with van der Waals surface area (Å²) < 4.78 is 41.8. The average molecular weight is 551 g/mol. The summed E-state index contributed by atoms with van der Waals surface area (Å²) in [5.74, 6) is -0.430. The fourth-order valence-electron chi connectivity index (χ4n) is 4.72. The van der Waals surface area contributed by atoms with Gasteiger partial charge in [0.1, 0.15) is 34.5 Å². The van der Waals surface area contributed by atoms with Crippen molar-refractivity contribution in [2.75, 3.05) is 25.4 Å². The summed E-state index contributed by atoms with van der Waals surface area (Å²) in [5, 5.41) is 5.36. The highest BCUT2D eigenvalue weighted by Crippen LogP contribution is 2.30. The second-order valence-electron chi connectivity index (χ2n) is 10.9. The average Bonchev–Trinajstić information content (AvgIpc) is 3.22. The van der Waals surface area contributed by atoms with Crippen LogP contribution in [0.4, 0.5) is 19.4 Å². The van der Waals surface area contributed by atoms with E-state index in [1.807, 2.05) is 45.0 Å². The topological polar surface area (TPSA) is 108 Å². The molecule has 2 aromatic carbocycles. The lowest BCUT2D eigenvalue weighted by molar-refractivity contribution is -0.000869. The van der Waals surface area contributed by atoms with Crippen molar-refractivity contribution in [3.63, 3.8) is 0 Å². The number of aromatic nitrogens is 4. The molecule has 210 valence electrons. The van der Waals surface area contributed by atoms with E-state index in [9.17, 15) is 13.6 Å². The summed E-state index contributed by atoms with van der Waals surface area (Å²) in [7, 11) is 0. The fraction of sp³-hybridized carbons (Fsp3) is 0.379. The van der Waals surface area contributed by atoms with Gasteiger partial charge in [0, 0.05) is 47.9 Å². The lowest BCUT2D eigenvalue weighted by Gasteiger charge is -2.39. The minimum Gasteiger partial charge on any atom is -0.494 e. The summed E-state index contributed by atoms with van der Waals surface area (Å²) in [6.45, 7) is 8.58. The van der Waals surface area contributed by atoms with E-state index >= 15 is 0 Å². The molecule has 40 heavy (non-hydrogen) atoms. The minimum atomic E-state index is -0.712. The van der Waals surface area contributed by atoms with E-state index in [-0.39, 0.29) is 29.9 Å². The number of hydrogen-bond donors (Lipinski definition) is 1. The molecule has 2 N–H and O–H groups in total. The van der Waals surface area contributed by atoms with Crippen LogP contribution >= 0.6 is 0 Å². The van der Waals surface area contributed by atoms with Crippen molar-refractivity contribution < 1.29 is 23.0 Å². The van der Waals surface area contributed by atoms with Gasteiger partial charge in [-0.2, -0.15) is 5.10 Å². The maximum Gasteiger partial charge on any atom is 0.410 e. The van der Waals surface area contributed by atoms with Gasteiger partial charge in [-0.1, -0.05) is 18.2 Å². The number of carbonyl (C=O) groups excluding carboxylic acids is 1. The molecule has 5 rings (SSSR count). The SMILES string of the molecule is CCOc1cc(F)c(Cn2nc(-c3ncc(CC4CN(C(=O)OC(C)(C)C)C4)c(N)n3)c3ccccc32)c(F)c1. The van der Waals surface area contributed by atoms with Gasteiger partial charge in [0.15, 0.2) is 5.82 Å². The summed E-state index contributed by atoms with van der Waals surface area (Å²) in [4.78, 5) is 22.9. The largest absolute Gasteiger partial charge is 0.494 e. The molecule has 1 saturated heterocycles. The molecular formula is C29H32F2N6O3. The number of fused-ring (bicyclic) bond motifs is 1. The van der Waals surface area contributed by atoms with Gasteiger partial charge in [-0.3, -0.25) is 4.68 Å². The number of para-hydroxylation sites is 1. The summed E-state index contributed by atoms with van der Waals surface area (Å²) in [6.07, 6.45) is 1.97. The second kappa shape index (κ2) is 10.7. The molecule has 4 aromatic rings. The van der Waals surface area contributed by atoms with Crippen molar-refractivity contribution in [3.05, 3.63) is 65.4 Å². The zero-order valence-electron chi connectivity index (χ0n) is 22.9. The van der Waals surface area contributed by atoms with Crippen LogP contribution in [0.5, 0.6) is 5.75 Å². The number of likely N-dealkylation sites (tertiary alicyclic amines) is 1. The first kappa shape index (κ1) is 27.3. The number of hydrogen-bond acceptors (Lipinski definition) is 7. The number of carbonyl (C=O) groups is 1. The minimum absolute atomic E-state index is 0.125. The molecule has 0 unspecified atom stereocenters. The molecule has 2 aromatic heterocycles. The zero-order chi connectivity index (χ0) is 28.6. The van der Waals surface area contributed by atoms with Gasteiger partial charge >= 0.3 is 6.09 Å². The molecule has 11 heteroatoms. The van der Waals surface area contributed by atoms with Crippen molar-refractivity contribution >= 4 is 22.8 Å². The van der Waals surface area contributed by atoms with Crippen LogP contribution in [0.3, 0.4) is 0 Å². The predicted molar refractivity (Wildman–Crippen MR) is 147 cm³/mol. The molecule has 0 saturated carbocycles. The number of nitrogen functional groups attached to an aromatic ring is 1. The Morgan fingerprint density at radius 2 is 1.85 bits per heavy atom. The van der Waals surface area contributed by atoms with Crippen LogP contribution in [0.2, 0.25) is 0 Å². The molecule has 1 aliphatic heterocycles. The van der Waals surface area contributed by atoms with Crippen LogP contribution in [0.15, 0.2) is 42.6 Å². The molecule has 1 fully saturated rings. The Morgan fingerprint density at radius 1 is 1.15 bits per heavy atom. The molecule has 3 heterocycles. The highest BCUT2D eigenvalue weighted by atomic mass is 19.1. The number of halogens is 2. The number of amides is 1. The number of nitrogens with two attached hydrogens (primary N) is 1. The van der Waals surface area contributed by atoms with Crippen LogP contribution in [0.1, 0.15) is 38.8 Å². The molecule has 9 nitrogen and oxygen atoms in total. The molecule has 0 bridgehead atoms. The van der Waals surface area contributed by atoms with Crippen molar-refractivity contribution in [1.29, 1.82) is 0 Å². The van der Waals surface area contributed by atoms with E-state index in [0.29, 0.717) is 49.0 Å². The molecule has 0 atom stereocenters. The molecule has 1 amide bonds. The maximum atomic E-state index is 14.8. The standard InChI is InChI=1S/C29H32F2N6O3/c1-5-39-19-11-22(30)21(23(31)12-19)16-37-24-9-7-6-8-20(24)25(35-37)27-33-13-18(26(32)34-27)10-17-14-36(15-17)28(38)40-29(2,3)4/h6-9,11-13,17H,5,10,14-16H2,1-4H3,(H2,32,33,34). The first-order valence-electron chi connectivity index (χ1n) is 13.2. The molecular weight excluding hydrogens is 518 g/mol. The van der Waals surface area contributed by atoms with Crippen LogP contribution < -0.4 is 10.5 Å². The molecule has 1 aliphatic rings. The molecule has 0 spiro atoms. The number of benzene rings is 2. The predicted octanol–water partition coefficient (Wildman–Crippen LogP) is 5.21. The van der Waals surface area contributed by atoms with Gasteiger partial charge < -0.3 is 20.1 Å². The van der Waals surface area contributed by atoms with Crippen LogP contribution in [0, 0.1) is 17.6 Å². The van der Waals surface area contributed by atoms with Crippen molar-refractivity contribution in [2.45, 2.75) is 46.3 Å². The third-order valence-electron chi connectivity index (χ3n) is 6.62. The van der Waals surface area contributed by atoms with Gasteiger partial charge in [-0.25, -0.2) is 23.5 Å². The van der Waals surface area contributed by atoms with Crippen LogP contribution in [-0.2, 0) is 17.7 Å². The van der Waals surface area contributed by atoms with Gasteiger partial charge in [0.25, 0.3) is 0 Å². The summed E-state index contributed by atoms with van der Waals surface area (Å²) in [6, 6.07) is 9.69. The van der Waals surface area contributed by atoms with E-state index in [1.54, 1.807) is 18.0 Å². The first-order valence-corrected chi connectivity index (χ1v) is 13.2. The first-order chi connectivity index (χ1) is 19.0. The smallest absolute Gasteiger partial charge is 0.410 e. The Kier molecular flexibility index (Phi) is 7.31. The number of anilines is 1. The second-order valence-corrected chi connectivity index (χ2v) is 10.9. The Bertz CT molecular complexity index is 1540. The van der Waals surface area contributed by atoms with E-state index in [4.69, 9.17) is 15.2 Å². The number of ether oxygens (including phenoxy) is 2. The van der Waals surface area contributed by atoms with E-state index in [0.717, 1.165) is 10.9 Å². The van der Waals surface area contributed by atoms with E-state index in [2.05, 4.69) is 15.1 Å². The zero-order valence-corrected chi connectivity index (χ0v) is 22.9. The van der Waals surface area contributed by atoms with Crippen molar-refractivity contribution in [3.8, 4) is 17.3 Å². The third-order valence-corrected chi connectivity index (χ3v) is 6.62. The van der Waals surface area contributed by atoms with Gasteiger partial charge in [0.05, 0.1) is 18.7 Å². The Balaban J connectivity index is 1.35. The third kappa shape index (κ3) is 5.68. The Morgan fingerprint density at radius 3 is 2.50 bits per heavy atom. The van der Waals surface area contributed by atoms with Crippen LogP contribution in [-0.4, -0.2) is 56.0 Å². The van der Waals surface area contributed by atoms with Crippen molar-refractivity contribution in [2.24, 2.45) is 5.92 Å². The van der Waals surface area contributed by atoms with E-state index in [1.165, 1.54) is 16.8 Å². The maximum absolute atomic E-state index is 14.8. The Hall–Kier alpha value is -4.28. The van der Waals surface area contributed by atoms with Crippen LogP contribution in [0.25, 0.3) is 22.4 Å². The van der Waals surface area contributed by atoms with E-state index < -0.39 is 17.2 Å².